The van der Waals surface area contributed by atoms with Crippen molar-refractivity contribution < 1.29 is 5.11 Å². The van der Waals surface area contributed by atoms with Gasteiger partial charge in [0.15, 0.2) is 0 Å². The number of hydrogen-bond donors (Lipinski definition) is 2. The SMILES string of the molecule is CCc1c(CN)ccc2c(O)cccc12. The number of nitrogens with two attached hydrogens (primary N) is 1. The molecule has 0 fully saturated rings. The van der Waals surface area contributed by atoms with E-state index in [9.17, 15) is 5.11 Å². The lowest BCUT2D eigenvalue weighted by molar-refractivity contribution is 0.481. The highest BCUT2D eigenvalue weighted by Gasteiger charge is 2.06. The van der Waals surface area contributed by atoms with Gasteiger partial charge in [-0.1, -0.05) is 31.2 Å². The maximum absolute atomic E-state index is 9.72. The predicted octanol–water partition coefficient (Wildman–Crippen LogP) is 2.57. The third-order valence-electron chi connectivity index (χ3n) is 2.82. The van der Waals surface area contributed by atoms with Gasteiger partial charge in [-0.3, -0.25) is 0 Å². The van der Waals surface area contributed by atoms with E-state index in [4.69, 9.17) is 5.73 Å². The van der Waals surface area contributed by atoms with Crippen LogP contribution >= 0.6 is 0 Å². The Kier molecular flexibility index (Phi) is 2.60. The molecule has 0 aromatic heterocycles. The molecule has 0 aliphatic carbocycles. The Labute approximate surface area is 89.3 Å². The minimum atomic E-state index is 0.339. The molecular weight excluding hydrogens is 186 g/mol. The smallest absolute Gasteiger partial charge is 0.123 e. The van der Waals surface area contributed by atoms with E-state index in [0.717, 1.165) is 22.8 Å². The number of aromatic hydroxyl groups is 1. The van der Waals surface area contributed by atoms with Crippen LogP contribution in [0.15, 0.2) is 30.3 Å². The van der Waals surface area contributed by atoms with Crippen LogP contribution in [-0.2, 0) is 13.0 Å². The number of rotatable bonds is 2. The standard InChI is InChI=1S/C13H15NO/c1-2-10-9(8-14)6-7-12-11(10)4-3-5-13(12)15/h3-7,15H,2,8,14H2,1H3. The Morgan fingerprint density at radius 2 is 1.93 bits per heavy atom. The quantitative estimate of drug-likeness (QED) is 0.784. The molecule has 0 amide bonds. The summed E-state index contributed by atoms with van der Waals surface area (Å²) in [4.78, 5) is 0. The zero-order chi connectivity index (χ0) is 10.8. The summed E-state index contributed by atoms with van der Waals surface area (Å²) in [5.41, 5.74) is 8.10. The number of phenols is 1. The molecule has 2 aromatic carbocycles. The highest BCUT2D eigenvalue weighted by Crippen LogP contribution is 2.29. The van der Waals surface area contributed by atoms with Crippen LogP contribution in [0.1, 0.15) is 18.1 Å². The predicted molar refractivity (Wildman–Crippen MR) is 62.9 cm³/mol. The molecule has 0 unspecified atom stereocenters. The van der Waals surface area contributed by atoms with Crippen molar-refractivity contribution in [1.82, 2.24) is 0 Å². The van der Waals surface area contributed by atoms with Crippen molar-refractivity contribution in [3.63, 3.8) is 0 Å². The first-order valence-electron chi connectivity index (χ1n) is 5.20. The molecule has 0 heterocycles. The lowest BCUT2D eigenvalue weighted by Crippen LogP contribution is -2.01. The number of phenolic OH excluding ortho intramolecular Hbond substituents is 1. The highest BCUT2D eigenvalue weighted by atomic mass is 16.3. The topological polar surface area (TPSA) is 46.2 Å². The van der Waals surface area contributed by atoms with Gasteiger partial charge in [0.25, 0.3) is 0 Å². The fraction of sp³-hybridized carbons (Fsp3) is 0.231. The molecule has 15 heavy (non-hydrogen) atoms. The lowest BCUT2D eigenvalue weighted by atomic mass is 9.97. The summed E-state index contributed by atoms with van der Waals surface area (Å²) < 4.78 is 0. The van der Waals surface area contributed by atoms with E-state index in [-0.39, 0.29) is 0 Å². The minimum Gasteiger partial charge on any atom is -0.507 e. The van der Waals surface area contributed by atoms with Crippen molar-refractivity contribution in [3.8, 4) is 5.75 Å². The van der Waals surface area contributed by atoms with Crippen molar-refractivity contribution in [2.75, 3.05) is 0 Å². The summed E-state index contributed by atoms with van der Waals surface area (Å²) in [7, 11) is 0. The van der Waals surface area contributed by atoms with Crippen LogP contribution in [0.5, 0.6) is 5.75 Å². The Morgan fingerprint density at radius 3 is 2.60 bits per heavy atom. The van der Waals surface area contributed by atoms with E-state index in [1.807, 2.05) is 24.3 Å². The number of benzene rings is 2. The molecule has 2 aromatic rings. The van der Waals surface area contributed by atoms with Gasteiger partial charge in [-0.15, -0.1) is 0 Å². The van der Waals surface area contributed by atoms with Gasteiger partial charge in [0.2, 0.25) is 0 Å². The van der Waals surface area contributed by atoms with E-state index < -0.39 is 0 Å². The van der Waals surface area contributed by atoms with E-state index >= 15 is 0 Å². The average molecular weight is 201 g/mol. The third kappa shape index (κ3) is 1.57. The van der Waals surface area contributed by atoms with Crippen LogP contribution in [0.2, 0.25) is 0 Å². The van der Waals surface area contributed by atoms with Crippen molar-refractivity contribution in [3.05, 3.63) is 41.5 Å². The van der Waals surface area contributed by atoms with Crippen LogP contribution in [0, 0.1) is 0 Å². The van der Waals surface area contributed by atoms with Crippen LogP contribution in [0.25, 0.3) is 10.8 Å². The van der Waals surface area contributed by atoms with Gasteiger partial charge in [0, 0.05) is 11.9 Å². The summed E-state index contributed by atoms with van der Waals surface area (Å²) in [6.45, 7) is 2.66. The first kappa shape index (κ1) is 9.99. The van der Waals surface area contributed by atoms with Crippen LogP contribution in [0.4, 0.5) is 0 Å². The fourth-order valence-electron chi connectivity index (χ4n) is 2.06. The Morgan fingerprint density at radius 1 is 1.13 bits per heavy atom. The van der Waals surface area contributed by atoms with Gasteiger partial charge < -0.3 is 10.8 Å². The molecule has 2 heteroatoms. The highest BCUT2D eigenvalue weighted by molar-refractivity contribution is 5.91. The second-order valence-corrected chi connectivity index (χ2v) is 3.63. The minimum absolute atomic E-state index is 0.339. The van der Waals surface area contributed by atoms with Crippen molar-refractivity contribution in [1.29, 1.82) is 0 Å². The van der Waals surface area contributed by atoms with Crippen molar-refractivity contribution in [2.45, 2.75) is 19.9 Å². The average Bonchev–Trinajstić information content (AvgIpc) is 2.28. The second-order valence-electron chi connectivity index (χ2n) is 3.63. The van der Waals surface area contributed by atoms with Gasteiger partial charge in [-0.05, 0) is 29.0 Å². The molecule has 2 rings (SSSR count). The Balaban J connectivity index is 2.82. The molecular formula is C13H15NO. The Hall–Kier alpha value is -1.54. The summed E-state index contributed by atoms with van der Waals surface area (Å²) >= 11 is 0. The number of aryl methyl sites for hydroxylation is 1. The van der Waals surface area contributed by atoms with Crippen LogP contribution in [-0.4, -0.2) is 5.11 Å². The van der Waals surface area contributed by atoms with Gasteiger partial charge in [-0.2, -0.15) is 0 Å². The van der Waals surface area contributed by atoms with E-state index in [0.29, 0.717) is 12.3 Å². The normalized spacial score (nSPS) is 10.8. The number of fused-ring (bicyclic) bond motifs is 1. The van der Waals surface area contributed by atoms with Crippen molar-refractivity contribution >= 4 is 10.8 Å². The molecule has 0 spiro atoms. The summed E-state index contributed by atoms with van der Waals surface area (Å²) in [6, 6.07) is 9.56. The molecule has 0 aliphatic rings. The zero-order valence-corrected chi connectivity index (χ0v) is 8.83. The first-order valence-corrected chi connectivity index (χ1v) is 5.20. The summed E-state index contributed by atoms with van der Waals surface area (Å²) in [5, 5.41) is 11.7. The zero-order valence-electron chi connectivity index (χ0n) is 8.83. The lowest BCUT2D eigenvalue weighted by Gasteiger charge is -2.10. The molecule has 2 nitrogen and oxygen atoms in total. The monoisotopic (exact) mass is 201 g/mol. The second kappa shape index (κ2) is 3.91. The molecule has 78 valence electrons. The molecule has 0 radical (unpaired) electrons. The van der Waals surface area contributed by atoms with Gasteiger partial charge >= 0.3 is 0 Å². The largest absolute Gasteiger partial charge is 0.507 e. The molecule has 0 aliphatic heterocycles. The molecule has 0 atom stereocenters. The molecule has 0 saturated heterocycles. The number of hydrogen-bond acceptors (Lipinski definition) is 2. The fourth-order valence-corrected chi connectivity index (χ4v) is 2.06. The summed E-state index contributed by atoms with van der Waals surface area (Å²) in [6.07, 6.45) is 0.938. The maximum Gasteiger partial charge on any atom is 0.123 e. The third-order valence-corrected chi connectivity index (χ3v) is 2.82. The summed E-state index contributed by atoms with van der Waals surface area (Å²) in [5.74, 6) is 0.339. The van der Waals surface area contributed by atoms with E-state index in [1.165, 1.54) is 5.56 Å². The molecule has 0 bridgehead atoms. The van der Waals surface area contributed by atoms with Gasteiger partial charge in [0.05, 0.1) is 0 Å². The Bertz CT molecular complexity index is 491. The van der Waals surface area contributed by atoms with Crippen LogP contribution in [0.3, 0.4) is 0 Å². The maximum atomic E-state index is 9.72. The van der Waals surface area contributed by atoms with Gasteiger partial charge in [0.1, 0.15) is 5.75 Å². The van der Waals surface area contributed by atoms with Gasteiger partial charge in [-0.25, -0.2) is 0 Å². The van der Waals surface area contributed by atoms with E-state index in [2.05, 4.69) is 6.92 Å². The van der Waals surface area contributed by atoms with Crippen molar-refractivity contribution in [2.24, 2.45) is 5.73 Å². The van der Waals surface area contributed by atoms with Crippen LogP contribution < -0.4 is 5.73 Å². The van der Waals surface area contributed by atoms with E-state index in [1.54, 1.807) is 6.07 Å². The molecule has 3 N–H and O–H groups in total. The molecule has 0 saturated carbocycles. The first-order chi connectivity index (χ1) is 7.27.